The van der Waals surface area contributed by atoms with E-state index in [1.54, 1.807) is 12.5 Å². The Balaban J connectivity index is 1.73. The minimum atomic E-state index is -0.0288. The summed E-state index contributed by atoms with van der Waals surface area (Å²) in [6.07, 6.45) is 8.55. The first kappa shape index (κ1) is 14.4. The highest BCUT2D eigenvalue weighted by molar-refractivity contribution is 5.87. The molecule has 114 valence electrons. The maximum Gasteiger partial charge on any atom is 0.246 e. The molecular formula is C17H23NO3. The fraction of sp³-hybridized carbons (Fsp3) is 0.588. The second-order valence-electron chi connectivity index (χ2n) is 6.56. The summed E-state index contributed by atoms with van der Waals surface area (Å²) >= 11 is 0. The van der Waals surface area contributed by atoms with Gasteiger partial charge < -0.3 is 14.1 Å². The second-order valence-corrected chi connectivity index (χ2v) is 6.56. The number of hydrogen-bond acceptors (Lipinski definition) is 3. The predicted molar refractivity (Wildman–Crippen MR) is 79.5 cm³/mol. The molecule has 0 spiro atoms. The summed E-state index contributed by atoms with van der Waals surface area (Å²) in [7, 11) is 0. The molecule has 2 atom stereocenters. The Morgan fingerprint density at radius 3 is 3.00 bits per heavy atom. The van der Waals surface area contributed by atoms with Gasteiger partial charge in [0.2, 0.25) is 5.91 Å². The molecule has 1 amide bonds. The molecule has 1 aromatic rings. The van der Waals surface area contributed by atoms with E-state index in [0.717, 1.165) is 18.6 Å². The number of nitrogens with zero attached hydrogens (tertiary/aromatic N) is 1. The van der Waals surface area contributed by atoms with Crippen LogP contribution in [0.15, 0.2) is 35.7 Å². The maximum atomic E-state index is 12.2. The molecule has 21 heavy (non-hydrogen) atoms. The summed E-state index contributed by atoms with van der Waals surface area (Å²) in [6.45, 7) is 7.96. The van der Waals surface area contributed by atoms with Crippen molar-refractivity contribution in [3.8, 4) is 0 Å². The lowest BCUT2D eigenvalue weighted by Crippen LogP contribution is -2.43. The van der Waals surface area contributed by atoms with E-state index in [2.05, 4.69) is 13.5 Å². The van der Waals surface area contributed by atoms with Crippen molar-refractivity contribution in [3.63, 3.8) is 0 Å². The number of carbonyl (C=O) groups excluding carboxylic acids is 1. The number of ether oxygens (including phenoxy) is 1. The highest BCUT2D eigenvalue weighted by atomic mass is 16.5. The monoisotopic (exact) mass is 289 g/mol. The molecule has 1 aliphatic carbocycles. The standard InChI is InChI=1S/C17H23NO3/c1-3-15(19)18(10-13-6-8-20-11-13)12-17(2)7-9-21-16(17)14-4-5-14/h3,6,8,11,14,16H,1,4-5,7,9-10,12H2,2H3. The molecule has 2 aliphatic rings. The van der Waals surface area contributed by atoms with E-state index in [1.165, 1.54) is 18.9 Å². The fourth-order valence-corrected chi connectivity index (χ4v) is 3.42. The van der Waals surface area contributed by atoms with Crippen LogP contribution in [0, 0.1) is 11.3 Å². The first-order chi connectivity index (χ1) is 10.1. The zero-order valence-corrected chi connectivity index (χ0v) is 12.6. The van der Waals surface area contributed by atoms with Crippen LogP contribution in [0.1, 0.15) is 31.7 Å². The van der Waals surface area contributed by atoms with Crippen LogP contribution < -0.4 is 0 Å². The van der Waals surface area contributed by atoms with Crippen molar-refractivity contribution in [1.82, 2.24) is 4.90 Å². The van der Waals surface area contributed by atoms with Crippen LogP contribution in [-0.2, 0) is 16.1 Å². The Morgan fingerprint density at radius 2 is 2.38 bits per heavy atom. The fourth-order valence-electron chi connectivity index (χ4n) is 3.42. The van der Waals surface area contributed by atoms with E-state index in [-0.39, 0.29) is 11.3 Å². The van der Waals surface area contributed by atoms with Crippen molar-refractivity contribution < 1.29 is 13.9 Å². The molecule has 0 bridgehead atoms. The number of rotatable bonds is 6. The normalized spacial score (nSPS) is 28.5. The van der Waals surface area contributed by atoms with Gasteiger partial charge in [-0.15, -0.1) is 0 Å². The topological polar surface area (TPSA) is 42.7 Å². The first-order valence-electron chi connectivity index (χ1n) is 7.66. The molecular weight excluding hydrogens is 266 g/mol. The van der Waals surface area contributed by atoms with Gasteiger partial charge in [-0.25, -0.2) is 0 Å². The zero-order chi connectivity index (χ0) is 14.9. The molecule has 4 heteroatoms. The van der Waals surface area contributed by atoms with E-state index < -0.39 is 0 Å². The third-order valence-electron chi connectivity index (χ3n) is 4.70. The number of furan rings is 1. The molecule has 2 unspecified atom stereocenters. The average molecular weight is 289 g/mol. The van der Waals surface area contributed by atoms with Crippen LogP contribution in [-0.4, -0.2) is 30.1 Å². The van der Waals surface area contributed by atoms with Crippen LogP contribution in [0.3, 0.4) is 0 Å². The van der Waals surface area contributed by atoms with Gasteiger partial charge in [0.1, 0.15) is 0 Å². The molecule has 3 rings (SSSR count). The average Bonchev–Trinajstić information content (AvgIpc) is 3.04. The van der Waals surface area contributed by atoms with Gasteiger partial charge in [0.25, 0.3) is 0 Å². The second kappa shape index (κ2) is 5.68. The Morgan fingerprint density at radius 1 is 1.57 bits per heavy atom. The minimum absolute atomic E-state index is 0.0288. The van der Waals surface area contributed by atoms with Crippen LogP contribution >= 0.6 is 0 Å². The molecule has 0 aromatic carbocycles. The predicted octanol–water partition coefficient (Wildman–Crippen LogP) is 3.00. The smallest absolute Gasteiger partial charge is 0.246 e. The number of hydrogen-bond donors (Lipinski definition) is 0. The zero-order valence-electron chi connectivity index (χ0n) is 12.6. The van der Waals surface area contributed by atoms with Crippen LogP contribution in [0.25, 0.3) is 0 Å². The summed E-state index contributed by atoms with van der Waals surface area (Å²) in [4.78, 5) is 14.1. The lowest BCUT2D eigenvalue weighted by Gasteiger charge is -2.35. The number of amides is 1. The summed E-state index contributed by atoms with van der Waals surface area (Å²) in [5, 5.41) is 0. The van der Waals surface area contributed by atoms with E-state index in [1.807, 2.05) is 11.0 Å². The molecule has 0 N–H and O–H groups in total. The molecule has 1 saturated carbocycles. The SMILES string of the molecule is C=CC(=O)N(Cc1ccoc1)CC1(C)CCOC1C1CC1. The summed E-state index contributed by atoms with van der Waals surface area (Å²) in [6, 6.07) is 1.90. The summed E-state index contributed by atoms with van der Waals surface area (Å²) in [5.41, 5.74) is 1.06. The molecule has 2 heterocycles. The minimum Gasteiger partial charge on any atom is -0.472 e. The molecule has 1 aliphatic heterocycles. The Bertz CT molecular complexity index is 506. The van der Waals surface area contributed by atoms with Gasteiger partial charge in [-0.2, -0.15) is 0 Å². The summed E-state index contributed by atoms with van der Waals surface area (Å²) < 4.78 is 11.1. The van der Waals surface area contributed by atoms with Crippen LogP contribution in [0.2, 0.25) is 0 Å². The Labute approximate surface area is 125 Å². The van der Waals surface area contributed by atoms with Gasteiger partial charge >= 0.3 is 0 Å². The highest BCUT2D eigenvalue weighted by Gasteiger charge is 2.49. The Kier molecular flexibility index (Phi) is 3.89. The third-order valence-corrected chi connectivity index (χ3v) is 4.70. The van der Waals surface area contributed by atoms with Gasteiger partial charge in [0.15, 0.2) is 0 Å². The van der Waals surface area contributed by atoms with Crippen molar-refractivity contribution in [2.45, 2.75) is 38.8 Å². The summed E-state index contributed by atoms with van der Waals surface area (Å²) in [5.74, 6) is 0.658. The van der Waals surface area contributed by atoms with Crippen molar-refractivity contribution in [2.75, 3.05) is 13.2 Å². The van der Waals surface area contributed by atoms with E-state index in [4.69, 9.17) is 9.15 Å². The lowest BCUT2D eigenvalue weighted by molar-refractivity contribution is -0.129. The van der Waals surface area contributed by atoms with Gasteiger partial charge in [0.05, 0.1) is 18.6 Å². The molecule has 1 saturated heterocycles. The van der Waals surface area contributed by atoms with E-state index in [0.29, 0.717) is 25.1 Å². The van der Waals surface area contributed by atoms with Crippen molar-refractivity contribution in [2.24, 2.45) is 11.3 Å². The number of carbonyl (C=O) groups is 1. The van der Waals surface area contributed by atoms with Gasteiger partial charge in [-0.05, 0) is 37.3 Å². The lowest BCUT2D eigenvalue weighted by atomic mass is 9.80. The van der Waals surface area contributed by atoms with Crippen molar-refractivity contribution >= 4 is 5.91 Å². The first-order valence-corrected chi connectivity index (χ1v) is 7.66. The van der Waals surface area contributed by atoms with Gasteiger partial charge in [0, 0.05) is 30.7 Å². The largest absolute Gasteiger partial charge is 0.472 e. The van der Waals surface area contributed by atoms with Gasteiger partial charge in [-0.1, -0.05) is 13.5 Å². The molecule has 2 fully saturated rings. The van der Waals surface area contributed by atoms with Gasteiger partial charge in [-0.3, -0.25) is 4.79 Å². The Hall–Kier alpha value is -1.55. The van der Waals surface area contributed by atoms with Crippen LogP contribution in [0.5, 0.6) is 0 Å². The third kappa shape index (κ3) is 3.05. The van der Waals surface area contributed by atoms with E-state index >= 15 is 0 Å². The quantitative estimate of drug-likeness (QED) is 0.756. The molecule has 0 radical (unpaired) electrons. The molecule has 1 aromatic heterocycles. The maximum absolute atomic E-state index is 12.2. The van der Waals surface area contributed by atoms with Crippen molar-refractivity contribution in [3.05, 3.63) is 36.8 Å². The van der Waals surface area contributed by atoms with Crippen molar-refractivity contribution in [1.29, 1.82) is 0 Å². The molecule has 4 nitrogen and oxygen atoms in total. The van der Waals surface area contributed by atoms with E-state index in [9.17, 15) is 4.79 Å². The van der Waals surface area contributed by atoms with Crippen LogP contribution in [0.4, 0.5) is 0 Å². The highest BCUT2D eigenvalue weighted by Crippen LogP contribution is 2.48.